The monoisotopic (exact) mass is 431 g/mol. The number of aryl methyl sites for hydroxylation is 3. The van der Waals surface area contributed by atoms with Gasteiger partial charge in [-0.2, -0.15) is 15.0 Å². The SMILES string of the molecule is Cc1ccc(-n2nccn2)c(C(=O)N2CCN(c3ncc4c(n3)CCCC4)CC[C@H]2C)c1. The lowest BCUT2D eigenvalue weighted by atomic mass is 9.98. The van der Waals surface area contributed by atoms with Crippen LogP contribution in [0.2, 0.25) is 0 Å². The lowest BCUT2D eigenvalue weighted by Crippen LogP contribution is -2.40. The number of anilines is 1. The highest BCUT2D eigenvalue weighted by atomic mass is 16.2. The summed E-state index contributed by atoms with van der Waals surface area (Å²) in [4.78, 5) is 28.9. The molecule has 2 aliphatic rings. The summed E-state index contributed by atoms with van der Waals surface area (Å²) in [6.45, 7) is 6.30. The van der Waals surface area contributed by atoms with E-state index in [4.69, 9.17) is 4.98 Å². The molecule has 1 fully saturated rings. The molecule has 166 valence electrons. The van der Waals surface area contributed by atoms with Crippen molar-refractivity contribution in [1.29, 1.82) is 0 Å². The minimum atomic E-state index is 0.0155. The van der Waals surface area contributed by atoms with Gasteiger partial charge in [0.05, 0.1) is 23.6 Å². The fraction of sp³-hybridized carbons (Fsp3) is 0.458. The van der Waals surface area contributed by atoms with Crippen LogP contribution in [0.25, 0.3) is 5.69 Å². The predicted octanol–water partition coefficient (Wildman–Crippen LogP) is 2.99. The zero-order chi connectivity index (χ0) is 22.1. The molecule has 0 bridgehead atoms. The number of benzene rings is 1. The van der Waals surface area contributed by atoms with Crippen LogP contribution in [0.15, 0.2) is 36.8 Å². The van der Waals surface area contributed by atoms with E-state index >= 15 is 0 Å². The quantitative estimate of drug-likeness (QED) is 0.634. The van der Waals surface area contributed by atoms with Crippen molar-refractivity contribution >= 4 is 11.9 Å². The average Bonchev–Trinajstić information content (AvgIpc) is 3.28. The Morgan fingerprint density at radius 1 is 1.06 bits per heavy atom. The van der Waals surface area contributed by atoms with Gasteiger partial charge in [0.2, 0.25) is 5.95 Å². The van der Waals surface area contributed by atoms with Gasteiger partial charge < -0.3 is 9.80 Å². The van der Waals surface area contributed by atoms with Crippen molar-refractivity contribution in [1.82, 2.24) is 29.9 Å². The molecule has 1 aliphatic carbocycles. The fourth-order valence-electron chi connectivity index (χ4n) is 4.67. The van der Waals surface area contributed by atoms with Crippen LogP contribution in [0, 0.1) is 6.92 Å². The topological polar surface area (TPSA) is 80.0 Å². The molecule has 5 rings (SSSR count). The maximum atomic E-state index is 13.7. The van der Waals surface area contributed by atoms with E-state index in [1.807, 2.05) is 36.2 Å². The van der Waals surface area contributed by atoms with E-state index in [2.05, 4.69) is 27.0 Å². The van der Waals surface area contributed by atoms with E-state index in [0.29, 0.717) is 17.8 Å². The zero-order valence-corrected chi connectivity index (χ0v) is 18.7. The molecule has 0 N–H and O–H groups in total. The lowest BCUT2D eigenvalue weighted by molar-refractivity contribution is 0.0704. The Morgan fingerprint density at radius 2 is 1.88 bits per heavy atom. The van der Waals surface area contributed by atoms with Gasteiger partial charge in [0.25, 0.3) is 5.91 Å². The summed E-state index contributed by atoms with van der Waals surface area (Å²) in [5.41, 5.74) is 4.86. The molecular formula is C24H29N7O. The minimum absolute atomic E-state index is 0.0155. The summed E-state index contributed by atoms with van der Waals surface area (Å²) >= 11 is 0. The summed E-state index contributed by atoms with van der Waals surface area (Å²) in [6, 6.07) is 5.95. The highest BCUT2D eigenvalue weighted by Crippen LogP contribution is 2.24. The van der Waals surface area contributed by atoms with Gasteiger partial charge in [0.15, 0.2) is 0 Å². The van der Waals surface area contributed by atoms with Crippen LogP contribution in [-0.4, -0.2) is 61.4 Å². The van der Waals surface area contributed by atoms with Crippen molar-refractivity contribution in [3.05, 3.63) is 59.2 Å². The smallest absolute Gasteiger partial charge is 0.256 e. The average molecular weight is 432 g/mol. The molecule has 0 unspecified atom stereocenters. The Balaban J connectivity index is 1.38. The summed E-state index contributed by atoms with van der Waals surface area (Å²) in [6.07, 6.45) is 10.7. The molecule has 1 atom stereocenters. The highest BCUT2D eigenvalue weighted by molar-refractivity contribution is 5.98. The Labute approximate surface area is 188 Å². The number of rotatable bonds is 3. The maximum absolute atomic E-state index is 13.7. The number of hydrogen-bond donors (Lipinski definition) is 0. The second-order valence-corrected chi connectivity index (χ2v) is 8.81. The van der Waals surface area contributed by atoms with Gasteiger partial charge in [0, 0.05) is 37.6 Å². The van der Waals surface area contributed by atoms with Crippen LogP contribution in [0.1, 0.15) is 53.4 Å². The minimum Gasteiger partial charge on any atom is -0.339 e. The first kappa shape index (κ1) is 20.6. The zero-order valence-electron chi connectivity index (χ0n) is 18.7. The summed E-state index contributed by atoms with van der Waals surface area (Å²) < 4.78 is 0. The van der Waals surface area contributed by atoms with Crippen molar-refractivity contribution in [3.63, 3.8) is 0 Å². The molecule has 2 aromatic heterocycles. The standard InChI is InChI=1S/C24H29N7O/c1-17-7-8-22(31-26-10-11-27-31)20(15-17)23(32)30-14-13-29(12-9-18(30)2)24-25-16-19-5-3-4-6-21(19)28-24/h7-8,10-11,15-16,18H,3-6,9,12-14H2,1-2H3/t18-/m1/s1. The van der Waals surface area contributed by atoms with Crippen LogP contribution in [0.4, 0.5) is 5.95 Å². The Bertz CT molecular complexity index is 1110. The van der Waals surface area contributed by atoms with E-state index in [1.54, 1.807) is 12.4 Å². The third-order valence-corrected chi connectivity index (χ3v) is 6.57. The molecule has 1 aromatic carbocycles. The molecule has 1 amide bonds. The first-order valence-corrected chi connectivity index (χ1v) is 11.5. The lowest BCUT2D eigenvalue weighted by Gasteiger charge is -2.27. The first-order valence-electron chi connectivity index (χ1n) is 11.5. The van der Waals surface area contributed by atoms with Crippen molar-refractivity contribution in [2.75, 3.05) is 24.5 Å². The molecular weight excluding hydrogens is 402 g/mol. The molecule has 3 aromatic rings. The molecule has 0 saturated carbocycles. The number of fused-ring (bicyclic) bond motifs is 1. The highest BCUT2D eigenvalue weighted by Gasteiger charge is 2.29. The van der Waals surface area contributed by atoms with Crippen molar-refractivity contribution in [3.8, 4) is 5.69 Å². The predicted molar refractivity (Wildman–Crippen MR) is 122 cm³/mol. The van der Waals surface area contributed by atoms with E-state index in [0.717, 1.165) is 43.9 Å². The van der Waals surface area contributed by atoms with Gasteiger partial charge in [-0.3, -0.25) is 4.79 Å². The largest absolute Gasteiger partial charge is 0.339 e. The number of carbonyl (C=O) groups is 1. The maximum Gasteiger partial charge on any atom is 0.256 e. The van der Waals surface area contributed by atoms with Gasteiger partial charge in [-0.25, -0.2) is 9.97 Å². The van der Waals surface area contributed by atoms with Crippen LogP contribution >= 0.6 is 0 Å². The van der Waals surface area contributed by atoms with E-state index in [9.17, 15) is 4.79 Å². The number of hydrogen-bond acceptors (Lipinski definition) is 6. The fourth-order valence-corrected chi connectivity index (χ4v) is 4.67. The molecule has 32 heavy (non-hydrogen) atoms. The molecule has 3 heterocycles. The number of amides is 1. The van der Waals surface area contributed by atoms with Crippen molar-refractivity contribution in [2.45, 2.75) is 52.0 Å². The summed E-state index contributed by atoms with van der Waals surface area (Å²) in [7, 11) is 0. The molecule has 1 saturated heterocycles. The van der Waals surface area contributed by atoms with Gasteiger partial charge >= 0.3 is 0 Å². The first-order chi connectivity index (χ1) is 15.6. The second-order valence-electron chi connectivity index (χ2n) is 8.81. The van der Waals surface area contributed by atoms with E-state index in [1.165, 1.54) is 28.9 Å². The third-order valence-electron chi connectivity index (χ3n) is 6.57. The van der Waals surface area contributed by atoms with Crippen LogP contribution in [0.3, 0.4) is 0 Å². The van der Waals surface area contributed by atoms with Gasteiger partial charge in [-0.1, -0.05) is 11.6 Å². The molecule has 0 spiro atoms. The Kier molecular flexibility index (Phi) is 5.59. The van der Waals surface area contributed by atoms with Gasteiger partial charge in [-0.15, -0.1) is 0 Å². The van der Waals surface area contributed by atoms with Crippen molar-refractivity contribution in [2.24, 2.45) is 0 Å². The Morgan fingerprint density at radius 3 is 2.72 bits per heavy atom. The summed E-state index contributed by atoms with van der Waals surface area (Å²) in [5.74, 6) is 0.811. The molecule has 1 aliphatic heterocycles. The number of carbonyl (C=O) groups excluding carboxylic acids is 1. The molecule has 8 heteroatoms. The van der Waals surface area contributed by atoms with Gasteiger partial charge in [-0.05, 0) is 63.6 Å². The third kappa shape index (κ3) is 3.97. The van der Waals surface area contributed by atoms with Crippen LogP contribution < -0.4 is 4.90 Å². The normalized spacial score (nSPS) is 18.9. The number of aromatic nitrogens is 5. The molecule has 0 radical (unpaired) electrons. The molecule has 8 nitrogen and oxygen atoms in total. The van der Waals surface area contributed by atoms with Crippen LogP contribution in [0.5, 0.6) is 0 Å². The Hall–Kier alpha value is -3.29. The number of nitrogens with zero attached hydrogens (tertiary/aromatic N) is 7. The second kappa shape index (κ2) is 8.68. The van der Waals surface area contributed by atoms with Crippen molar-refractivity contribution < 1.29 is 4.79 Å². The van der Waals surface area contributed by atoms with Gasteiger partial charge in [0.1, 0.15) is 0 Å². The summed E-state index contributed by atoms with van der Waals surface area (Å²) in [5, 5.41) is 8.48. The van der Waals surface area contributed by atoms with Crippen LogP contribution in [-0.2, 0) is 12.8 Å². The van der Waals surface area contributed by atoms with E-state index in [-0.39, 0.29) is 11.9 Å². The van der Waals surface area contributed by atoms with E-state index < -0.39 is 0 Å².